The van der Waals surface area contributed by atoms with Crippen LogP contribution in [0.4, 0.5) is 0 Å². The molecule has 0 N–H and O–H groups in total. The zero-order valence-electron chi connectivity index (χ0n) is 6.54. The molecule has 0 bridgehead atoms. The van der Waals surface area contributed by atoms with Crippen LogP contribution in [0.5, 0.6) is 0 Å². The van der Waals surface area contributed by atoms with Crippen molar-refractivity contribution in [3.63, 3.8) is 0 Å². The summed E-state index contributed by atoms with van der Waals surface area (Å²) < 4.78 is 22.0. The highest BCUT2D eigenvalue weighted by molar-refractivity contribution is 7.92. The quantitative estimate of drug-likeness (QED) is 0.586. The van der Waals surface area contributed by atoms with Crippen LogP contribution in [-0.2, 0) is 14.6 Å². The lowest BCUT2D eigenvalue weighted by molar-refractivity contribution is -0.119. The van der Waals surface area contributed by atoms with Gasteiger partial charge in [0, 0.05) is 12.7 Å². The third kappa shape index (κ3) is 2.02. The second-order valence-corrected chi connectivity index (χ2v) is 5.26. The van der Waals surface area contributed by atoms with Crippen molar-refractivity contribution in [1.29, 1.82) is 0 Å². The van der Waals surface area contributed by atoms with Crippen molar-refractivity contribution in [3.8, 4) is 0 Å². The van der Waals surface area contributed by atoms with Crippen molar-refractivity contribution in [3.05, 3.63) is 0 Å². The van der Waals surface area contributed by atoms with Crippen LogP contribution < -0.4 is 0 Å². The van der Waals surface area contributed by atoms with E-state index < -0.39 is 15.1 Å². The van der Waals surface area contributed by atoms with E-state index in [1.807, 2.05) is 0 Å². The number of rotatable bonds is 1. The summed E-state index contributed by atoms with van der Waals surface area (Å²) in [6.07, 6.45) is 3.82. The summed E-state index contributed by atoms with van der Waals surface area (Å²) in [5.41, 5.74) is 0. The second-order valence-electron chi connectivity index (χ2n) is 3.03. The van der Waals surface area contributed by atoms with Crippen LogP contribution in [0.2, 0.25) is 0 Å². The molecule has 64 valence electrons. The maximum Gasteiger partial charge on any atom is 0.157 e. The van der Waals surface area contributed by atoms with Gasteiger partial charge in [-0.05, 0) is 12.8 Å². The topological polar surface area (TPSA) is 51.2 Å². The molecule has 1 fully saturated rings. The van der Waals surface area contributed by atoms with E-state index in [-0.39, 0.29) is 5.78 Å². The third-order valence-corrected chi connectivity index (χ3v) is 3.55. The number of ketones is 1. The molecule has 1 saturated carbocycles. The van der Waals surface area contributed by atoms with E-state index in [2.05, 4.69) is 0 Å². The Morgan fingerprint density at radius 2 is 2.00 bits per heavy atom. The average Bonchev–Trinajstić information content (AvgIpc) is 1.86. The van der Waals surface area contributed by atoms with Crippen molar-refractivity contribution in [2.45, 2.75) is 30.9 Å². The number of carbonyl (C=O) groups is 1. The fourth-order valence-electron chi connectivity index (χ4n) is 1.40. The van der Waals surface area contributed by atoms with Gasteiger partial charge in [-0.15, -0.1) is 0 Å². The smallest absolute Gasteiger partial charge is 0.157 e. The van der Waals surface area contributed by atoms with Gasteiger partial charge in [0.05, 0.1) is 0 Å². The van der Waals surface area contributed by atoms with E-state index in [9.17, 15) is 13.2 Å². The Balaban J connectivity index is 2.78. The minimum absolute atomic E-state index is 0.0984. The predicted octanol–water partition coefficient (Wildman–Crippen LogP) is 0.543. The summed E-state index contributed by atoms with van der Waals surface area (Å²) in [5.74, 6) is -0.0984. The Morgan fingerprint density at radius 1 is 1.36 bits per heavy atom. The first-order valence-electron chi connectivity index (χ1n) is 3.73. The minimum Gasteiger partial charge on any atom is -0.298 e. The van der Waals surface area contributed by atoms with E-state index >= 15 is 0 Å². The van der Waals surface area contributed by atoms with Crippen LogP contribution in [0.3, 0.4) is 0 Å². The average molecular weight is 176 g/mol. The first-order chi connectivity index (χ1) is 5.02. The Labute approximate surface area is 66.7 Å². The summed E-state index contributed by atoms with van der Waals surface area (Å²) in [6.45, 7) is 0. The van der Waals surface area contributed by atoms with Crippen LogP contribution in [0.15, 0.2) is 0 Å². The lowest BCUT2D eigenvalue weighted by atomic mass is 9.99. The summed E-state index contributed by atoms with van der Waals surface area (Å²) in [5, 5.41) is -0.698. The maximum absolute atomic E-state index is 11.1. The Hall–Kier alpha value is -0.380. The Kier molecular flexibility index (Phi) is 2.32. The molecule has 0 aromatic carbocycles. The first-order valence-corrected chi connectivity index (χ1v) is 5.69. The molecule has 0 amide bonds. The first kappa shape index (κ1) is 8.71. The molecular formula is C7H12O3S. The largest absolute Gasteiger partial charge is 0.298 e. The van der Waals surface area contributed by atoms with Crippen molar-refractivity contribution in [2.75, 3.05) is 6.26 Å². The lowest BCUT2D eigenvalue weighted by Crippen LogP contribution is -2.32. The number of hydrogen-bond donors (Lipinski definition) is 0. The van der Waals surface area contributed by atoms with E-state index in [1.54, 1.807) is 0 Å². The van der Waals surface area contributed by atoms with Gasteiger partial charge in [-0.3, -0.25) is 4.79 Å². The van der Waals surface area contributed by atoms with E-state index in [1.165, 1.54) is 0 Å². The van der Waals surface area contributed by atoms with Crippen molar-refractivity contribution < 1.29 is 13.2 Å². The molecule has 11 heavy (non-hydrogen) atoms. The highest BCUT2D eigenvalue weighted by atomic mass is 32.2. The molecule has 0 aliphatic heterocycles. The molecule has 1 unspecified atom stereocenters. The molecule has 1 rings (SSSR count). The van der Waals surface area contributed by atoms with Crippen LogP contribution in [0.25, 0.3) is 0 Å². The van der Waals surface area contributed by atoms with Crippen LogP contribution >= 0.6 is 0 Å². The molecular weight excluding hydrogens is 164 g/mol. The fourth-order valence-corrected chi connectivity index (χ4v) is 2.59. The molecule has 1 atom stereocenters. The molecule has 3 nitrogen and oxygen atoms in total. The van der Waals surface area contributed by atoms with Crippen LogP contribution in [0, 0.1) is 0 Å². The number of carbonyl (C=O) groups excluding carboxylic acids is 1. The van der Waals surface area contributed by atoms with Gasteiger partial charge in [-0.2, -0.15) is 0 Å². The van der Waals surface area contributed by atoms with Crippen molar-refractivity contribution in [2.24, 2.45) is 0 Å². The molecule has 4 heteroatoms. The minimum atomic E-state index is -3.12. The predicted molar refractivity (Wildman–Crippen MR) is 42.1 cm³/mol. The highest BCUT2D eigenvalue weighted by Crippen LogP contribution is 2.19. The zero-order valence-corrected chi connectivity index (χ0v) is 7.36. The highest BCUT2D eigenvalue weighted by Gasteiger charge is 2.30. The second kappa shape index (κ2) is 2.93. The van der Waals surface area contributed by atoms with Crippen LogP contribution in [-0.4, -0.2) is 25.7 Å². The fraction of sp³-hybridized carbons (Fsp3) is 0.857. The molecule has 0 spiro atoms. The van der Waals surface area contributed by atoms with E-state index in [0.717, 1.165) is 19.1 Å². The van der Waals surface area contributed by atoms with E-state index in [4.69, 9.17) is 0 Å². The maximum atomic E-state index is 11.1. The summed E-state index contributed by atoms with van der Waals surface area (Å²) in [4.78, 5) is 11.1. The van der Waals surface area contributed by atoms with Gasteiger partial charge in [0.25, 0.3) is 0 Å². The van der Waals surface area contributed by atoms with Gasteiger partial charge < -0.3 is 0 Å². The summed E-state index contributed by atoms with van der Waals surface area (Å²) in [7, 11) is -3.12. The molecule has 1 aliphatic carbocycles. The normalized spacial score (nSPS) is 27.0. The SMILES string of the molecule is CS(=O)(=O)C1CCCCC1=O. The lowest BCUT2D eigenvalue weighted by Gasteiger charge is -2.17. The van der Waals surface area contributed by atoms with E-state index in [0.29, 0.717) is 12.8 Å². The standard InChI is InChI=1S/C7H12O3S/c1-11(9,10)7-5-3-2-4-6(7)8/h7H,2-5H2,1H3. The Bertz CT molecular complexity index is 253. The molecule has 1 aliphatic rings. The molecule has 0 radical (unpaired) electrons. The van der Waals surface area contributed by atoms with Gasteiger partial charge in [0.2, 0.25) is 0 Å². The molecule has 0 aromatic heterocycles. The monoisotopic (exact) mass is 176 g/mol. The number of hydrogen-bond acceptors (Lipinski definition) is 3. The summed E-state index contributed by atoms with van der Waals surface area (Å²) in [6, 6.07) is 0. The molecule has 0 heterocycles. The summed E-state index contributed by atoms with van der Waals surface area (Å²) >= 11 is 0. The van der Waals surface area contributed by atoms with Crippen LogP contribution in [0.1, 0.15) is 25.7 Å². The Morgan fingerprint density at radius 3 is 2.36 bits per heavy atom. The third-order valence-electron chi connectivity index (χ3n) is 2.02. The number of sulfone groups is 1. The van der Waals surface area contributed by atoms with Gasteiger partial charge in [0.15, 0.2) is 15.6 Å². The number of Topliss-reactive ketones (excluding diaryl/α,β-unsaturated/α-hetero) is 1. The molecule has 0 saturated heterocycles. The van der Waals surface area contributed by atoms with Gasteiger partial charge in [0.1, 0.15) is 5.25 Å². The van der Waals surface area contributed by atoms with Gasteiger partial charge in [-0.25, -0.2) is 8.42 Å². The van der Waals surface area contributed by atoms with Crippen molar-refractivity contribution >= 4 is 15.6 Å². The molecule has 0 aromatic rings. The van der Waals surface area contributed by atoms with Gasteiger partial charge >= 0.3 is 0 Å². The van der Waals surface area contributed by atoms with Gasteiger partial charge in [-0.1, -0.05) is 6.42 Å². The van der Waals surface area contributed by atoms with Crippen molar-refractivity contribution in [1.82, 2.24) is 0 Å². The zero-order chi connectivity index (χ0) is 8.48.